The van der Waals surface area contributed by atoms with Crippen LogP contribution in [-0.2, 0) is 0 Å². The summed E-state index contributed by atoms with van der Waals surface area (Å²) in [4.78, 5) is 23.8. The van der Waals surface area contributed by atoms with Crippen LogP contribution in [-0.4, -0.2) is 21.3 Å². The monoisotopic (exact) mass is 281 g/mol. The van der Waals surface area contributed by atoms with Crippen molar-refractivity contribution >= 4 is 34.0 Å². The number of nitro groups is 2. The van der Waals surface area contributed by atoms with E-state index in [4.69, 9.17) is 5.26 Å². The van der Waals surface area contributed by atoms with Gasteiger partial charge >= 0.3 is 11.4 Å². The van der Waals surface area contributed by atoms with Gasteiger partial charge in [-0.15, -0.1) is 0 Å². The summed E-state index contributed by atoms with van der Waals surface area (Å²) in [7, 11) is 0. The third kappa shape index (κ3) is 3.39. The molecule has 10 heteroatoms. The fourth-order valence-corrected chi connectivity index (χ4v) is 1.56. The number of thioether (sulfide) groups is 1. The van der Waals surface area contributed by atoms with Crippen LogP contribution in [0.2, 0.25) is 0 Å². The molecule has 0 saturated carbocycles. The summed E-state index contributed by atoms with van der Waals surface area (Å²) in [6.07, 6.45) is 3.22. The van der Waals surface area contributed by atoms with Crippen LogP contribution in [0.3, 0.4) is 0 Å². The van der Waals surface area contributed by atoms with Crippen LogP contribution in [0.5, 0.6) is 0 Å². The smallest absolute Gasteiger partial charge is 0.271 e. The lowest BCUT2D eigenvalue weighted by Crippen LogP contribution is -2.12. The zero-order valence-electron chi connectivity index (χ0n) is 9.56. The minimum atomic E-state index is -0.874. The molecule has 1 aromatic carbocycles. The normalized spacial score (nSPS) is 10.6. The quantitative estimate of drug-likeness (QED) is 0.223. The molecule has 0 aliphatic rings. The molecule has 1 aromatic rings. The molecule has 9 nitrogen and oxygen atoms in total. The van der Waals surface area contributed by atoms with Crippen molar-refractivity contribution in [2.75, 3.05) is 6.26 Å². The van der Waals surface area contributed by atoms with Gasteiger partial charge in [0.25, 0.3) is 0 Å². The van der Waals surface area contributed by atoms with Gasteiger partial charge in [0.05, 0.1) is 9.85 Å². The van der Waals surface area contributed by atoms with Gasteiger partial charge in [-0.05, 0) is 12.3 Å². The van der Waals surface area contributed by atoms with Crippen molar-refractivity contribution < 1.29 is 9.85 Å². The summed E-state index contributed by atoms with van der Waals surface area (Å²) in [5.74, 6) is 0. The molecule has 19 heavy (non-hydrogen) atoms. The third-order valence-corrected chi connectivity index (χ3v) is 2.53. The molecular weight excluding hydrogens is 274 g/mol. The van der Waals surface area contributed by atoms with E-state index in [-0.39, 0.29) is 10.9 Å². The van der Waals surface area contributed by atoms with E-state index in [2.05, 4.69) is 10.3 Å². The van der Waals surface area contributed by atoms with E-state index in [1.54, 1.807) is 12.4 Å². The highest BCUT2D eigenvalue weighted by Crippen LogP contribution is 2.36. The van der Waals surface area contributed by atoms with E-state index in [1.807, 2.05) is 0 Å². The average molecular weight is 281 g/mol. The maximum Gasteiger partial charge on any atom is 0.371 e. The molecule has 0 spiro atoms. The van der Waals surface area contributed by atoms with Gasteiger partial charge in [-0.2, -0.15) is 5.26 Å². The highest BCUT2D eigenvalue weighted by atomic mass is 32.2. The lowest BCUT2D eigenvalue weighted by atomic mass is 10.2. The van der Waals surface area contributed by atoms with Crippen LogP contribution < -0.4 is 5.32 Å². The Morgan fingerprint density at radius 1 is 1.42 bits per heavy atom. The number of nitriles is 1. The van der Waals surface area contributed by atoms with Crippen LogP contribution >= 0.6 is 11.8 Å². The standard InChI is InChI=1S/C9H7N5O4S/c1-19-9(11-5-10)12-6-3-2-4-7(13(15)16)8(6)14(17)18/h2-4H,1H3,(H,11,12). The molecule has 0 unspecified atom stereocenters. The van der Waals surface area contributed by atoms with Crippen molar-refractivity contribution in [2.24, 2.45) is 4.99 Å². The first-order chi connectivity index (χ1) is 9.01. The fraction of sp³-hybridized carbons (Fsp3) is 0.111. The van der Waals surface area contributed by atoms with Gasteiger partial charge in [0.1, 0.15) is 0 Å². The lowest BCUT2D eigenvalue weighted by molar-refractivity contribution is -0.421. The van der Waals surface area contributed by atoms with Crippen LogP contribution in [0.25, 0.3) is 0 Å². The number of nitrogens with zero attached hydrogens (tertiary/aromatic N) is 4. The van der Waals surface area contributed by atoms with Gasteiger partial charge in [0.2, 0.25) is 0 Å². The first-order valence-electron chi connectivity index (χ1n) is 4.70. The van der Waals surface area contributed by atoms with Gasteiger partial charge in [0, 0.05) is 6.07 Å². The molecule has 0 aliphatic carbocycles. The van der Waals surface area contributed by atoms with Crippen molar-refractivity contribution in [2.45, 2.75) is 0 Å². The summed E-state index contributed by atoms with van der Waals surface area (Å²) in [5, 5.41) is 32.4. The number of amidine groups is 1. The van der Waals surface area contributed by atoms with Gasteiger partial charge in [-0.1, -0.05) is 17.8 Å². The molecule has 0 amide bonds. The lowest BCUT2D eigenvalue weighted by Gasteiger charge is -2.01. The first kappa shape index (κ1) is 14.4. The molecular formula is C9H7N5O4S. The third-order valence-electron chi connectivity index (χ3n) is 1.95. The van der Waals surface area contributed by atoms with E-state index < -0.39 is 21.2 Å². The maximum atomic E-state index is 10.9. The zero-order valence-corrected chi connectivity index (χ0v) is 10.4. The minimum Gasteiger partial charge on any atom is -0.271 e. The Labute approximate surface area is 111 Å². The largest absolute Gasteiger partial charge is 0.371 e. The number of rotatable bonds is 3. The van der Waals surface area contributed by atoms with E-state index in [0.717, 1.165) is 17.8 Å². The van der Waals surface area contributed by atoms with Crippen LogP contribution in [0.4, 0.5) is 17.1 Å². The average Bonchev–Trinajstić information content (AvgIpc) is 2.37. The number of hydrogen-bond donors (Lipinski definition) is 1. The number of benzene rings is 1. The molecule has 0 heterocycles. The molecule has 1 rings (SSSR count). The second kappa shape index (κ2) is 6.31. The Hall–Kier alpha value is -2.67. The number of aliphatic imine (C=N–C) groups is 1. The molecule has 0 radical (unpaired) electrons. The Morgan fingerprint density at radius 3 is 2.58 bits per heavy atom. The molecule has 0 bridgehead atoms. The van der Waals surface area contributed by atoms with Crippen molar-refractivity contribution in [3.63, 3.8) is 0 Å². The summed E-state index contributed by atoms with van der Waals surface area (Å²) in [6, 6.07) is 3.57. The van der Waals surface area contributed by atoms with Crippen molar-refractivity contribution in [3.8, 4) is 6.19 Å². The molecule has 0 atom stereocenters. The van der Waals surface area contributed by atoms with E-state index in [0.29, 0.717) is 0 Å². The molecule has 0 aromatic heterocycles. The second-order valence-corrected chi connectivity index (χ2v) is 3.81. The number of hydrogen-bond acceptors (Lipinski definition) is 7. The predicted octanol–water partition coefficient (Wildman–Crippen LogP) is 1.92. The Kier molecular flexibility index (Phi) is 4.78. The summed E-state index contributed by atoms with van der Waals surface area (Å²) in [5.41, 5.74) is -1.55. The van der Waals surface area contributed by atoms with Gasteiger partial charge < -0.3 is 0 Å². The highest BCUT2D eigenvalue weighted by Gasteiger charge is 2.28. The van der Waals surface area contributed by atoms with Crippen molar-refractivity contribution in [1.82, 2.24) is 5.32 Å². The van der Waals surface area contributed by atoms with Crippen LogP contribution in [0.15, 0.2) is 23.2 Å². The Morgan fingerprint density at radius 2 is 2.11 bits per heavy atom. The number of nitrogens with one attached hydrogen (secondary N) is 1. The SMILES string of the molecule is CSC(=Nc1cccc([N+](=O)[O-])c1[N+](=O)[O-])NC#N. The second-order valence-electron chi connectivity index (χ2n) is 3.02. The topological polar surface area (TPSA) is 134 Å². The van der Waals surface area contributed by atoms with Crippen LogP contribution in [0.1, 0.15) is 0 Å². The van der Waals surface area contributed by atoms with Gasteiger partial charge in [-0.25, -0.2) is 4.99 Å². The predicted molar refractivity (Wildman–Crippen MR) is 69.1 cm³/mol. The zero-order chi connectivity index (χ0) is 14.4. The van der Waals surface area contributed by atoms with E-state index in [1.165, 1.54) is 12.1 Å². The van der Waals surface area contributed by atoms with E-state index in [9.17, 15) is 20.2 Å². The van der Waals surface area contributed by atoms with Crippen molar-refractivity contribution in [1.29, 1.82) is 5.26 Å². The van der Waals surface area contributed by atoms with Crippen molar-refractivity contribution in [3.05, 3.63) is 38.4 Å². The molecule has 0 saturated heterocycles. The number of para-hydroxylation sites is 1. The molecule has 1 N–H and O–H groups in total. The summed E-state index contributed by atoms with van der Waals surface area (Å²) < 4.78 is 0. The Bertz CT molecular complexity index is 595. The summed E-state index contributed by atoms with van der Waals surface area (Å²) >= 11 is 1.05. The van der Waals surface area contributed by atoms with Gasteiger partial charge in [-0.3, -0.25) is 25.5 Å². The molecule has 0 aliphatic heterocycles. The highest BCUT2D eigenvalue weighted by molar-refractivity contribution is 8.13. The fourth-order valence-electron chi connectivity index (χ4n) is 1.23. The Balaban J connectivity index is 3.44. The van der Waals surface area contributed by atoms with Gasteiger partial charge in [0.15, 0.2) is 17.0 Å². The number of nitro benzene ring substituents is 2. The van der Waals surface area contributed by atoms with E-state index >= 15 is 0 Å². The molecule has 0 fully saturated rings. The van der Waals surface area contributed by atoms with Crippen LogP contribution in [0, 0.1) is 31.7 Å². The first-order valence-corrected chi connectivity index (χ1v) is 5.93. The minimum absolute atomic E-state index is 0.103. The molecule has 98 valence electrons. The summed E-state index contributed by atoms with van der Waals surface area (Å²) in [6.45, 7) is 0. The maximum absolute atomic E-state index is 10.9.